The minimum absolute atomic E-state index is 0.0328. The Morgan fingerprint density at radius 1 is 1.13 bits per heavy atom. The second-order valence-corrected chi connectivity index (χ2v) is 7.78. The van der Waals surface area contributed by atoms with Crippen LogP contribution in [0.5, 0.6) is 0 Å². The first kappa shape index (κ1) is 21.8. The molecule has 0 saturated carbocycles. The van der Waals surface area contributed by atoms with Gasteiger partial charge in [-0.3, -0.25) is 14.2 Å². The van der Waals surface area contributed by atoms with Crippen LogP contribution in [-0.4, -0.2) is 32.2 Å². The summed E-state index contributed by atoms with van der Waals surface area (Å²) in [7, 11) is 0. The molecule has 30 heavy (non-hydrogen) atoms. The van der Waals surface area contributed by atoms with Crippen LogP contribution >= 0.6 is 23.4 Å². The number of amides is 1. The summed E-state index contributed by atoms with van der Waals surface area (Å²) in [5, 5.41) is 12.6. The summed E-state index contributed by atoms with van der Waals surface area (Å²) in [6.45, 7) is 6.11. The summed E-state index contributed by atoms with van der Waals surface area (Å²) < 4.78 is 1.91. The van der Waals surface area contributed by atoms with Gasteiger partial charge >= 0.3 is 0 Å². The van der Waals surface area contributed by atoms with Gasteiger partial charge in [0.25, 0.3) is 0 Å². The summed E-state index contributed by atoms with van der Waals surface area (Å²) in [6, 6.07) is 14.2. The Labute approximate surface area is 184 Å². The lowest BCUT2D eigenvalue weighted by Gasteiger charge is -2.08. The summed E-state index contributed by atoms with van der Waals surface area (Å²) in [4.78, 5) is 24.0. The van der Waals surface area contributed by atoms with Crippen molar-refractivity contribution >= 4 is 40.7 Å². The number of hydrogen-bond donors (Lipinski definition) is 1. The molecule has 0 fully saturated rings. The first-order valence-corrected chi connectivity index (χ1v) is 10.7. The van der Waals surface area contributed by atoms with Gasteiger partial charge < -0.3 is 5.32 Å². The third-order valence-electron chi connectivity index (χ3n) is 4.28. The molecule has 2 aromatic carbocycles. The molecule has 0 saturated heterocycles. The van der Waals surface area contributed by atoms with E-state index in [1.807, 2.05) is 16.7 Å². The topological polar surface area (TPSA) is 76.9 Å². The number of ketones is 1. The highest BCUT2D eigenvalue weighted by Gasteiger charge is 2.16. The average Bonchev–Trinajstić information content (AvgIpc) is 3.16. The Morgan fingerprint density at radius 3 is 2.47 bits per heavy atom. The zero-order valence-corrected chi connectivity index (χ0v) is 18.0. The van der Waals surface area contributed by atoms with Gasteiger partial charge in [0.1, 0.15) is 0 Å². The lowest BCUT2D eigenvalue weighted by Crippen LogP contribution is -2.10. The summed E-state index contributed by atoms with van der Waals surface area (Å²) in [5.74, 6) is 0.811. The Morgan fingerprint density at radius 2 is 1.83 bits per heavy atom. The van der Waals surface area contributed by atoms with Crippen molar-refractivity contribution in [3.8, 4) is 11.4 Å². The van der Waals surface area contributed by atoms with Crippen LogP contribution in [-0.2, 0) is 11.3 Å². The first-order chi connectivity index (χ1) is 14.5. The van der Waals surface area contributed by atoms with E-state index >= 15 is 0 Å². The van der Waals surface area contributed by atoms with E-state index in [9.17, 15) is 9.59 Å². The Hall–Kier alpha value is -2.90. The minimum Gasteiger partial charge on any atom is -0.326 e. The summed E-state index contributed by atoms with van der Waals surface area (Å²) in [5.41, 5.74) is 2.13. The van der Waals surface area contributed by atoms with Crippen molar-refractivity contribution in [1.29, 1.82) is 0 Å². The molecule has 0 unspecified atom stereocenters. The molecule has 1 aromatic heterocycles. The van der Waals surface area contributed by atoms with Gasteiger partial charge in [0.2, 0.25) is 5.91 Å². The van der Waals surface area contributed by atoms with Crippen LogP contribution in [0, 0.1) is 0 Å². The molecule has 3 rings (SSSR count). The predicted octanol–water partition coefficient (Wildman–Crippen LogP) is 5.11. The predicted molar refractivity (Wildman–Crippen MR) is 121 cm³/mol. The average molecular weight is 441 g/mol. The third-order valence-corrected chi connectivity index (χ3v) is 5.49. The van der Waals surface area contributed by atoms with Gasteiger partial charge in [0.15, 0.2) is 16.8 Å². The number of thioether (sulfide) groups is 1. The second-order valence-electron chi connectivity index (χ2n) is 6.40. The maximum atomic E-state index is 12.6. The van der Waals surface area contributed by atoms with Crippen molar-refractivity contribution < 1.29 is 9.59 Å². The van der Waals surface area contributed by atoms with E-state index in [1.165, 1.54) is 11.8 Å². The van der Waals surface area contributed by atoms with Gasteiger partial charge in [-0.05, 0) is 48.5 Å². The lowest BCUT2D eigenvalue weighted by molar-refractivity contribution is -0.115. The van der Waals surface area contributed by atoms with Crippen LogP contribution in [0.15, 0.2) is 66.3 Å². The van der Waals surface area contributed by atoms with Gasteiger partial charge in [-0.1, -0.05) is 36.4 Å². The number of hydrogen-bond acceptors (Lipinski definition) is 5. The number of halogens is 1. The van der Waals surface area contributed by atoms with Crippen LogP contribution in [0.1, 0.15) is 23.7 Å². The fourth-order valence-electron chi connectivity index (χ4n) is 2.70. The first-order valence-electron chi connectivity index (χ1n) is 9.37. The van der Waals surface area contributed by atoms with Crippen molar-refractivity contribution in [2.24, 2.45) is 0 Å². The molecule has 0 aliphatic heterocycles. The number of nitrogens with zero attached hydrogens (tertiary/aromatic N) is 3. The number of carbonyl (C=O) groups excluding carboxylic acids is 2. The standard InChI is InChI=1S/C22H21ClN4O2S/c1-3-13-27-21(16-5-9-17(23)10-6-16)25-26-22(27)30-14-19(28)15-7-11-18(12-8-15)24-20(29)4-2/h3,5-12H,1,4,13-14H2,2H3,(H,24,29). The molecule has 0 radical (unpaired) electrons. The summed E-state index contributed by atoms with van der Waals surface area (Å²) >= 11 is 7.29. The molecule has 0 bridgehead atoms. The fraction of sp³-hybridized carbons (Fsp3) is 0.182. The van der Waals surface area contributed by atoms with E-state index in [0.29, 0.717) is 40.2 Å². The van der Waals surface area contributed by atoms with E-state index in [2.05, 4.69) is 22.1 Å². The monoisotopic (exact) mass is 440 g/mol. The van der Waals surface area contributed by atoms with Gasteiger partial charge in [-0.25, -0.2) is 0 Å². The number of anilines is 1. The van der Waals surface area contributed by atoms with Gasteiger partial charge in [0, 0.05) is 34.8 Å². The number of allylic oxidation sites excluding steroid dienone is 1. The minimum atomic E-state index is -0.0670. The highest BCUT2D eigenvalue weighted by Crippen LogP contribution is 2.26. The molecular weight excluding hydrogens is 420 g/mol. The van der Waals surface area contributed by atoms with E-state index < -0.39 is 0 Å². The molecule has 1 amide bonds. The van der Waals surface area contributed by atoms with Gasteiger partial charge in [-0.2, -0.15) is 0 Å². The molecule has 8 heteroatoms. The summed E-state index contributed by atoms with van der Waals surface area (Å²) in [6.07, 6.45) is 2.17. The van der Waals surface area contributed by atoms with Crippen molar-refractivity contribution in [2.45, 2.75) is 25.0 Å². The van der Waals surface area contributed by atoms with Gasteiger partial charge in [-0.15, -0.1) is 16.8 Å². The molecule has 154 valence electrons. The maximum Gasteiger partial charge on any atom is 0.224 e. The number of nitrogens with one attached hydrogen (secondary N) is 1. The van der Waals surface area contributed by atoms with Crippen molar-refractivity contribution in [3.05, 3.63) is 71.8 Å². The van der Waals surface area contributed by atoms with Crippen LogP contribution < -0.4 is 5.32 Å². The number of rotatable bonds is 9. The fourth-order valence-corrected chi connectivity index (χ4v) is 3.67. The zero-order chi connectivity index (χ0) is 21.5. The highest BCUT2D eigenvalue weighted by molar-refractivity contribution is 7.99. The van der Waals surface area contributed by atoms with Crippen LogP contribution in [0.2, 0.25) is 5.02 Å². The zero-order valence-electron chi connectivity index (χ0n) is 16.5. The Bertz CT molecular complexity index is 1050. The third kappa shape index (κ3) is 5.37. The highest BCUT2D eigenvalue weighted by atomic mass is 35.5. The maximum absolute atomic E-state index is 12.6. The molecule has 1 N–H and O–H groups in total. The smallest absolute Gasteiger partial charge is 0.224 e. The van der Waals surface area contributed by atoms with Crippen molar-refractivity contribution in [3.63, 3.8) is 0 Å². The number of benzene rings is 2. The number of aromatic nitrogens is 3. The molecule has 6 nitrogen and oxygen atoms in total. The molecule has 0 atom stereocenters. The second kappa shape index (κ2) is 10.2. The Kier molecular flexibility index (Phi) is 7.43. The molecule has 0 aliphatic carbocycles. The van der Waals surface area contributed by atoms with Crippen LogP contribution in [0.25, 0.3) is 11.4 Å². The number of Topliss-reactive ketones (excluding diaryl/α,β-unsaturated/α-hetero) is 1. The molecular formula is C22H21ClN4O2S. The molecule has 1 heterocycles. The van der Waals surface area contributed by atoms with Crippen LogP contribution in [0.4, 0.5) is 5.69 Å². The molecule has 0 aliphatic rings. The molecule has 0 spiro atoms. The number of carbonyl (C=O) groups is 2. The normalized spacial score (nSPS) is 10.6. The van der Waals surface area contributed by atoms with E-state index in [0.717, 1.165) is 5.56 Å². The van der Waals surface area contributed by atoms with Crippen molar-refractivity contribution in [2.75, 3.05) is 11.1 Å². The quantitative estimate of drug-likeness (QED) is 0.284. The largest absolute Gasteiger partial charge is 0.326 e. The SMILES string of the molecule is C=CCn1c(SCC(=O)c2ccc(NC(=O)CC)cc2)nnc1-c1ccc(Cl)cc1. The van der Waals surface area contributed by atoms with E-state index in [4.69, 9.17) is 11.6 Å². The van der Waals surface area contributed by atoms with Gasteiger partial charge in [0.05, 0.1) is 5.75 Å². The van der Waals surface area contributed by atoms with Crippen LogP contribution in [0.3, 0.4) is 0 Å². The lowest BCUT2D eigenvalue weighted by atomic mass is 10.1. The van der Waals surface area contributed by atoms with Crippen molar-refractivity contribution in [1.82, 2.24) is 14.8 Å². The van der Waals surface area contributed by atoms with E-state index in [-0.39, 0.29) is 17.4 Å². The van der Waals surface area contributed by atoms with E-state index in [1.54, 1.807) is 49.4 Å². The molecule has 3 aromatic rings. The Balaban J connectivity index is 1.70.